The minimum absolute atomic E-state index is 0.0577. The lowest BCUT2D eigenvalue weighted by atomic mass is 10.0. The second-order valence-electron chi connectivity index (χ2n) is 13.4. The highest BCUT2D eigenvalue weighted by Crippen LogP contribution is 2.16. The molecule has 262 valence electrons. The average molecular weight is 625 g/mol. The first kappa shape index (κ1) is 42.9. The lowest BCUT2D eigenvalue weighted by molar-refractivity contribution is -0.161. The molecular formula is C39H76O5. The zero-order chi connectivity index (χ0) is 32.2. The first-order chi connectivity index (χ1) is 21.6. The summed E-state index contributed by atoms with van der Waals surface area (Å²) >= 11 is 0. The van der Waals surface area contributed by atoms with Crippen molar-refractivity contribution in [2.45, 2.75) is 225 Å². The number of unbranched alkanes of at least 4 members (excludes halogenated alkanes) is 28. The van der Waals surface area contributed by atoms with Gasteiger partial charge in [0, 0.05) is 12.8 Å². The molecule has 0 spiro atoms. The predicted octanol–water partition coefficient (Wildman–Crippen LogP) is 12.0. The van der Waals surface area contributed by atoms with Crippen LogP contribution in [0.15, 0.2) is 0 Å². The van der Waals surface area contributed by atoms with Crippen LogP contribution in [0, 0.1) is 0 Å². The zero-order valence-electron chi connectivity index (χ0n) is 29.7. The van der Waals surface area contributed by atoms with Gasteiger partial charge in [-0.15, -0.1) is 0 Å². The molecule has 5 nitrogen and oxygen atoms in total. The fourth-order valence-electron chi connectivity index (χ4n) is 5.91. The van der Waals surface area contributed by atoms with E-state index in [0.29, 0.717) is 12.8 Å². The van der Waals surface area contributed by atoms with Gasteiger partial charge in [-0.2, -0.15) is 0 Å². The second kappa shape index (κ2) is 36.4. The van der Waals surface area contributed by atoms with Crippen molar-refractivity contribution >= 4 is 11.9 Å². The molecule has 0 aliphatic rings. The van der Waals surface area contributed by atoms with E-state index in [4.69, 9.17) is 9.47 Å². The molecule has 0 bridgehead atoms. The molecular weight excluding hydrogens is 548 g/mol. The molecule has 0 amide bonds. The summed E-state index contributed by atoms with van der Waals surface area (Å²) in [5, 5.41) is 9.49. The smallest absolute Gasteiger partial charge is 0.306 e. The molecule has 0 aromatic heterocycles. The molecule has 1 atom stereocenters. The van der Waals surface area contributed by atoms with Gasteiger partial charge in [0.05, 0.1) is 6.61 Å². The fraction of sp³-hybridized carbons (Fsp3) is 0.949. The van der Waals surface area contributed by atoms with Crippen molar-refractivity contribution in [2.24, 2.45) is 0 Å². The summed E-state index contributed by atoms with van der Waals surface area (Å²) in [5.74, 6) is -0.582. The number of rotatable bonds is 36. The summed E-state index contributed by atoms with van der Waals surface area (Å²) in [6.45, 7) is 4.13. The van der Waals surface area contributed by atoms with Crippen LogP contribution in [0.2, 0.25) is 0 Å². The van der Waals surface area contributed by atoms with Gasteiger partial charge in [0.2, 0.25) is 0 Å². The molecule has 0 rings (SSSR count). The topological polar surface area (TPSA) is 72.8 Å². The van der Waals surface area contributed by atoms with E-state index in [9.17, 15) is 14.7 Å². The van der Waals surface area contributed by atoms with E-state index in [-0.39, 0.29) is 25.2 Å². The molecule has 0 aromatic rings. The third kappa shape index (κ3) is 33.8. The van der Waals surface area contributed by atoms with Gasteiger partial charge in [0.1, 0.15) is 6.61 Å². The molecule has 44 heavy (non-hydrogen) atoms. The van der Waals surface area contributed by atoms with Crippen molar-refractivity contribution < 1.29 is 24.2 Å². The third-order valence-electron chi connectivity index (χ3n) is 8.90. The fourth-order valence-corrected chi connectivity index (χ4v) is 5.91. The van der Waals surface area contributed by atoms with E-state index < -0.39 is 6.10 Å². The lowest BCUT2D eigenvalue weighted by Gasteiger charge is -2.15. The molecule has 0 aliphatic heterocycles. The summed E-state index contributed by atoms with van der Waals surface area (Å²) in [5.41, 5.74) is 0. The Kier molecular flexibility index (Phi) is 35.5. The van der Waals surface area contributed by atoms with Crippen molar-refractivity contribution in [1.29, 1.82) is 0 Å². The Balaban J connectivity index is 3.41. The van der Waals surface area contributed by atoms with Crippen molar-refractivity contribution in [2.75, 3.05) is 13.2 Å². The maximum atomic E-state index is 12.1. The van der Waals surface area contributed by atoms with Gasteiger partial charge < -0.3 is 14.6 Å². The summed E-state index contributed by atoms with van der Waals surface area (Å²) in [6, 6.07) is 0. The van der Waals surface area contributed by atoms with E-state index in [1.165, 1.54) is 161 Å². The van der Waals surface area contributed by atoms with Gasteiger partial charge in [-0.3, -0.25) is 9.59 Å². The summed E-state index contributed by atoms with van der Waals surface area (Å²) in [4.78, 5) is 24.1. The molecule has 0 aliphatic carbocycles. The number of hydrogen-bond donors (Lipinski definition) is 1. The summed E-state index contributed by atoms with van der Waals surface area (Å²) in [7, 11) is 0. The van der Waals surface area contributed by atoms with E-state index in [2.05, 4.69) is 13.8 Å². The number of aliphatic hydroxyl groups excluding tert-OH is 1. The van der Waals surface area contributed by atoms with E-state index in [1.807, 2.05) is 0 Å². The highest BCUT2D eigenvalue weighted by molar-refractivity contribution is 5.70. The minimum Gasteiger partial charge on any atom is -0.462 e. The van der Waals surface area contributed by atoms with Crippen LogP contribution in [0.3, 0.4) is 0 Å². The quantitative estimate of drug-likeness (QED) is 0.0554. The normalized spacial score (nSPS) is 12.0. The summed E-state index contributed by atoms with van der Waals surface area (Å²) < 4.78 is 10.6. The number of carbonyl (C=O) groups excluding carboxylic acids is 2. The van der Waals surface area contributed by atoms with E-state index in [0.717, 1.165) is 32.1 Å². The first-order valence-electron chi connectivity index (χ1n) is 19.6. The number of esters is 2. The second-order valence-corrected chi connectivity index (χ2v) is 13.4. The number of carbonyl (C=O) groups is 2. The maximum absolute atomic E-state index is 12.1. The third-order valence-corrected chi connectivity index (χ3v) is 8.90. The molecule has 0 saturated heterocycles. The number of hydrogen-bond acceptors (Lipinski definition) is 5. The van der Waals surface area contributed by atoms with Gasteiger partial charge in [0.25, 0.3) is 0 Å². The Bertz CT molecular complexity index is 593. The van der Waals surface area contributed by atoms with Crippen LogP contribution in [0.4, 0.5) is 0 Å². The maximum Gasteiger partial charge on any atom is 0.306 e. The number of aliphatic hydroxyl groups is 1. The van der Waals surface area contributed by atoms with Crippen LogP contribution in [0.5, 0.6) is 0 Å². The first-order valence-corrected chi connectivity index (χ1v) is 19.6. The van der Waals surface area contributed by atoms with Crippen LogP contribution in [0.1, 0.15) is 219 Å². The Morgan fingerprint density at radius 1 is 0.432 bits per heavy atom. The van der Waals surface area contributed by atoms with Crippen molar-refractivity contribution in [3.05, 3.63) is 0 Å². The van der Waals surface area contributed by atoms with Crippen LogP contribution < -0.4 is 0 Å². The molecule has 0 unspecified atom stereocenters. The lowest BCUT2D eigenvalue weighted by Crippen LogP contribution is -2.28. The van der Waals surface area contributed by atoms with Crippen LogP contribution in [-0.2, 0) is 19.1 Å². The SMILES string of the molecule is CCCCCCCCCCCCCCCCCCCCCCCCC(=O)OC[C@H](CO)OC(=O)CCCCCCCCCC. The standard InChI is InChI=1S/C39H76O5/c1-3-5-7-9-11-13-14-15-16-17-18-19-20-21-22-23-24-25-26-28-29-31-33-38(41)43-36-37(35-40)44-39(42)34-32-30-27-12-10-8-6-4-2/h37,40H,3-36H2,1-2H3/t37-/m0/s1. The van der Waals surface area contributed by atoms with Crippen molar-refractivity contribution in [3.8, 4) is 0 Å². The van der Waals surface area contributed by atoms with Gasteiger partial charge in [-0.25, -0.2) is 0 Å². The Labute approximate surface area is 274 Å². The Morgan fingerprint density at radius 2 is 0.705 bits per heavy atom. The zero-order valence-corrected chi connectivity index (χ0v) is 29.7. The predicted molar refractivity (Wildman–Crippen MR) is 187 cm³/mol. The molecule has 0 fully saturated rings. The van der Waals surface area contributed by atoms with Gasteiger partial charge in [0.15, 0.2) is 6.10 Å². The van der Waals surface area contributed by atoms with Crippen LogP contribution >= 0.6 is 0 Å². The van der Waals surface area contributed by atoms with Crippen LogP contribution in [-0.4, -0.2) is 36.4 Å². The molecule has 1 N–H and O–H groups in total. The molecule has 5 heteroatoms. The van der Waals surface area contributed by atoms with Crippen molar-refractivity contribution in [3.63, 3.8) is 0 Å². The van der Waals surface area contributed by atoms with Gasteiger partial charge in [-0.1, -0.05) is 194 Å². The summed E-state index contributed by atoms with van der Waals surface area (Å²) in [6.07, 6.45) is 39.0. The van der Waals surface area contributed by atoms with Gasteiger partial charge >= 0.3 is 11.9 Å². The van der Waals surface area contributed by atoms with Crippen LogP contribution in [0.25, 0.3) is 0 Å². The molecule has 0 saturated carbocycles. The van der Waals surface area contributed by atoms with E-state index >= 15 is 0 Å². The van der Waals surface area contributed by atoms with Crippen molar-refractivity contribution in [1.82, 2.24) is 0 Å². The average Bonchev–Trinajstić information content (AvgIpc) is 3.02. The largest absolute Gasteiger partial charge is 0.462 e. The number of ether oxygens (including phenoxy) is 2. The molecule has 0 aromatic carbocycles. The highest BCUT2D eigenvalue weighted by Gasteiger charge is 2.16. The van der Waals surface area contributed by atoms with E-state index in [1.54, 1.807) is 0 Å². The monoisotopic (exact) mass is 625 g/mol. The minimum atomic E-state index is -0.759. The highest BCUT2D eigenvalue weighted by atomic mass is 16.6. The molecule has 0 radical (unpaired) electrons. The Morgan fingerprint density at radius 3 is 1.00 bits per heavy atom. The molecule has 0 heterocycles. The van der Waals surface area contributed by atoms with Gasteiger partial charge in [-0.05, 0) is 12.8 Å². The Hall–Kier alpha value is -1.10.